The average Bonchev–Trinajstić information content (AvgIpc) is 3.05. The van der Waals surface area contributed by atoms with Crippen LogP contribution >= 0.6 is 0 Å². The molecule has 0 radical (unpaired) electrons. The van der Waals surface area contributed by atoms with Crippen molar-refractivity contribution in [3.63, 3.8) is 0 Å². The molecule has 1 aliphatic carbocycles. The summed E-state index contributed by atoms with van der Waals surface area (Å²) in [5.74, 6) is 0.351. The van der Waals surface area contributed by atoms with Gasteiger partial charge in [0.25, 0.3) is 5.91 Å². The zero-order valence-corrected chi connectivity index (χ0v) is 9.31. The number of nitrogen functional groups attached to an aromatic ring is 1. The lowest BCUT2D eigenvalue weighted by molar-refractivity contribution is 0.0786. The van der Waals surface area contributed by atoms with Gasteiger partial charge in [-0.15, -0.1) is 0 Å². The van der Waals surface area contributed by atoms with Crippen LogP contribution < -0.4 is 5.73 Å². The van der Waals surface area contributed by atoms with Crippen molar-refractivity contribution in [2.75, 3.05) is 19.3 Å². The van der Waals surface area contributed by atoms with E-state index in [4.69, 9.17) is 5.73 Å². The molecule has 0 heterocycles. The Bertz CT molecular complexity index is 413. The number of anilines is 1. The topological polar surface area (TPSA) is 66.6 Å². The third kappa shape index (κ3) is 2.10. The standard InChI is InChI=1S/C12H16N2O2/c1-14(7-8-5-6-8)12(16)9-3-2-4-10(13)11(9)15/h2-4,8,15H,5-7,13H2,1H3. The van der Waals surface area contributed by atoms with Crippen LogP contribution in [0.5, 0.6) is 5.75 Å². The number of benzene rings is 1. The van der Waals surface area contributed by atoms with E-state index in [2.05, 4.69) is 0 Å². The summed E-state index contributed by atoms with van der Waals surface area (Å²) in [5, 5.41) is 9.69. The van der Waals surface area contributed by atoms with Crippen LogP contribution in [-0.2, 0) is 0 Å². The lowest BCUT2D eigenvalue weighted by atomic mass is 10.1. The molecule has 4 nitrogen and oxygen atoms in total. The number of hydrogen-bond donors (Lipinski definition) is 2. The Morgan fingerprint density at radius 2 is 2.25 bits per heavy atom. The maximum atomic E-state index is 12.0. The first kappa shape index (κ1) is 10.8. The number of aromatic hydroxyl groups is 1. The average molecular weight is 220 g/mol. The molecule has 0 saturated heterocycles. The molecule has 2 rings (SSSR count). The van der Waals surface area contributed by atoms with Gasteiger partial charge in [-0.1, -0.05) is 6.07 Å². The Labute approximate surface area is 94.7 Å². The number of carbonyl (C=O) groups is 1. The van der Waals surface area contributed by atoms with Crippen LogP contribution in [0.4, 0.5) is 5.69 Å². The second-order valence-corrected chi connectivity index (χ2v) is 4.37. The van der Waals surface area contributed by atoms with Crippen molar-refractivity contribution < 1.29 is 9.90 Å². The SMILES string of the molecule is CN(CC1CC1)C(=O)c1cccc(N)c1O. The fourth-order valence-electron chi connectivity index (χ4n) is 1.71. The fourth-order valence-corrected chi connectivity index (χ4v) is 1.71. The van der Waals surface area contributed by atoms with Crippen LogP contribution in [-0.4, -0.2) is 29.5 Å². The summed E-state index contributed by atoms with van der Waals surface area (Å²) in [5.41, 5.74) is 6.07. The van der Waals surface area contributed by atoms with Gasteiger partial charge in [-0.3, -0.25) is 4.79 Å². The molecule has 0 unspecified atom stereocenters. The van der Waals surface area contributed by atoms with Crippen LogP contribution in [0.3, 0.4) is 0 Å². The first-order valence-electron chi connectivity index (χ1n) is 5.42. The largest absolute Gasteiger partial charge is 0.505 e. The van der Waals surface area contributed by atoms with E-state index in [0.29, 0.717) is 5.92 Å². The van der Waals surface area contributed by atoms with Gasteiger partial charge in [-0.25, -0.2) is 0 Å². The van der Waals surface area contributed by atoms with Crippen LogP contribution in [0.25, 0.3) is 0 Å². The van der Waals surface area contributed by atoms with E-state index in [1.807, 2.05) is 0 Å². The molecule has 1 fully saturated rings. The van der Waals surface area contributed by atoms with Gasteiger partial charge >= 0.3 is 0 Å². The van der Waals surface area contributed by atoms with E-state index in [0.717, 1.165) is 6.54 Å². The zero-order valence-electron chi connectivity index (χ0n) is 9.31. The van der Waals surface area contributed by atoms with Gasteiger partial charge in [-0.05, 0) is 30.9 Å². The molecule has 0 spiro atoms. The van der Waals surface area contributed by atoms with Gasteiger partial charge in [-0.2, -0.15) is 0 Å². The predicted molar refractivity (Wildman–Crippen MR) is 62.2 cm³/mol. The minimum absolute atomic E-state index is 0.116. The minimum atomic E-state index is -0.170. The molecule has 0 aromatic heterocycles. The number of hydrogen-bond acceptors (Lipinski definition) is 3. The Hall–Kier alpha value is -1.71. The molecule has 3 N–H and O–H groups in total. The normalized spacial score (nSPS) is 14.8. The van der Waals surface area contributed by atoms with E-state index in [1.165, 1.54) is 12.8 Å². The summed E-state index contributed by atoms with van der Waals surface area (Å²) in [6.07, 6.45) is 2.39. The summed E-state index contributed by atoms with van der Waals surface area (Å²) in [7, 11) is 1.75. The third-order valence-electron chi connectivity index (χ3n) is 2.87. The highest BCUT2D eigenvalue weighted by atomic mass is 16.3. The van der Waals surface area contributed by atoms with Gasteiger partial charge in [0.2, 0.25) is 0 Å². The molecule has 0 bridgehead atoms. The molecule has 1 aromatic carbocycles. The molecule has 86 valence electrons. The number of amides is 1. The lowest BCUT2D eigenvalue weighted by Gasteiger charge is -2.17. The molecule has 1 aliphatic rings. The number of carbonyl (C=O) groups excluding carboxylic acids is 1. The monoisotopic (exact) mass is 220 g/mol. The first-order chi connectivity index (χ1) is 7.59. The molecule has 4 heteroatoms. The molecular weight excluding hydrogens is 204 g/mol. The number of rotatable bonds is 3. The van der Waals surface area contributed by atoms with Crippen molar-refractivity contribution in [2.24, 2.45) is 5.92 Å². The predicted octanol–water partition coefficient (Wildman–Crippen LogP) is 1.46. The highest BCUT2D eigenvalue weighted by molar-refractivity contribution is 5.98. The van der Waals surface area contributed by atoms with Crippen molar-refractivity contribution in [2.45, 2.75) is 12.8 Å². The van der Waals surface area contributed by atoms with Crippen LogP contribution in [0.1, 0.15) is 23.2 Å². The van der Waals surface area contributed by atoms with Crippen LogP contribution in [0.15, 0.2) is 18.2 Å². The van der Waals surface area contributed by atoms with E-state index in [9.17, 15) is 9.90 Å². The molecule has 1 aromatic rings. The third-order valence-corrected chi connectivity index (χ3v) is 2.87. The Morgan fingerprint density at radius 1 is 1.56 bits per heavy atom. The summed E-state index contributed by atoms with van der Waals surface area (Å²) < 4.78 is 0. The molecule has 1 amide bonds. The number of phenolic OH excluding ortho intramolecular Hbond substituents is 1. The van der Waals surface area contributed by atoms with Gasteiger partial charge in [0, 0.05) is 13.6 Å². The summed E-state index contributed by atoms with van der Waals surface area (Å²) in [6, 6.07) is 4.84. The van der Waals surface area contributed by atoms with E-state index in [-0.39, 0.29) is 22.9 Å². The number of phenols is 1. The molecule has 0 atom stereocenters. The van der Waals surface area contributed by atoms with Crippen molar-refractivity contribution >= 4 is 11.6 Å². The van der Waals surface area contributed by atoms with Gasteiger partial charge in [0.05, 0.1) is 11.3 Å². The highest BCUT2D eigenvalue weighted by Crippen LogP contribution is 2.31. The first-order valence-corrected chi connectivity index (χ1v) is 5.42. The van der Waals surface area contributed by atoms with Crippen LogP contribution in [0.2, 0.25) is 0 Å². The highest BCUT2D eigenvalue weighted by Gasteiger charge is 2.26. The lowest BCUT2D eigenvalue weighted by Crippen LogP contribution is -2.28. The summed E-state index contributed by atoms with van der Waals surface area (Å²) in [6.45, 7) is 0.757. The molecular formula is C12H16N2O2. The van der Waals surface area contributed by atoms with Crippen molar-refractivity contribution in [3.05, 3.63) is 23.8 Å². The van der Waals surface area contributed by atoms with Crippen molar-refractivity contribution in [1.82, 2.24) is 4.90 Å². The summed E-state index contributed by atoms with van der Waals surface area (Å²) in [4.78, 5) is 13.6. The van der Waals surface area contributed by atoms with E-state index < -0.39 is 0 Å². The Morgan fingerprint density at radius 3 is 2.88 bits per heavy atom. The number of nitrogens with zero attached hydrogens (tertiary/aromatic N) is 1. The van der Waals surface area contributed by atoms with Gasteiger partial charge < -0.3 is 15.7 Å². The van der Waals surface area contributed by atoms with Crippen molar-refractivity contribution in [1.29, 1.82) is 0 Å². The van der Waals surface area contributed by atoms with E-state index in [1.54, 1.807) is 30.1 Å². The van der Waals surface area contributed by atoms with Crippen molar-refractivity contribution in [3.8, 4) is 5.75 Å². The summed E-state index contributed by atoms with van der Waals surface area (Å²) >= 11 is 0. The molecule has 0 aliphatic heterocycles. The maximum Gasteiger partial charge on any atom is 0.257 e. The number of nitrogens with two attached hydrogens (primary N) is 1. The smallest absolute Gasteiger partial charge is 0.257 e. The minimum Gasteiger partial charge on any atom is -0.505 e. The Kier molecular flexibility index (Phi) is 2.73. The van der Waals surface area contributed by atoms with E-state index >= 15 is 0 Å². The number of para-hydroxylation sites is 1. The van der Waals surface area contributed by atoms with Crippen LogP contribution in [0, 0.1) is 5.92 Å². The van der Waals surface area contributed by atoms with Gasteiger partial charge in [0.15, 0.2) is 5.75 Å². The quantitative estimate of drug-likeness (QED) is 0.598. The van der Waals surface area contributed by atoms with Gasteiger partial charge in [0.1, 0.15) is 0 Å². The molecule has 1 saturated carbocycles. The maximum absolute atomic E-state index is 12.0. The fraction of sp³-hybridized carbons (Fsp3) is 0.417. The zero-order chi connectivity index (χ0) is 11.7. The second kappa shape index (κ2) is 4.04. The Balaban J connectivity index is 2.15. The molecule has 16 heavy (non-hydrogen) atoms. The second-order valence-electron chi connectivity index (χ2n) is 4.37.